The average molecular weight is 1000 g/mol. The Balaban J connectivity index is 0.000000156. The summed E-state index contributed by atoms with van der Waals surface area (Å²) < 4.78 is 87.4. The van der Waals surface area contributed by atoms with Gasteiger partial charge >= 0.3 is 11.9 Å². The molecule has 1 amide bonds. The van der Waals surface area contributed by atoms with E-state index in [0.717, 1.165) is 30.2 Å². The van der Waals surface area contributed by atoms with Gasteiger partial charge in [-0.15, -0.1) is 5.10 Å². The van der Waals surface area contributed by atoms with Gasteiger partial charge in [0.15, 0.2) is 33.3 Å². The van der Waals surface area contributed by atoms with Gasteiger partial charge in [0.25, 0.3) is 5.69 Å². The predicted molar refractivity (Wildman–Crippen MR) is 244 cm³/mol. The fraction of sp³-hybridized carbons (Fsp3) is 0.381. The van der Waals surface area contributed by atoms with Gasteiger partial charge in [0.2, 0.25) is 21.4 Å². The highest BCUT2D eigenvalue weighted by atomic mass is 32.2. The fourth-order valence-corrected chi connectivity index (χ4v) is 11.6. The van der Waals surface area contributed by atoms with Crippen molar-refractivity contribution in [1.29, 1.82) is 0 Å². The third-order valence-electron chi connectivity index (χ3n) is 11.8. The number of carbonyl (C=O) groups is 3. The zero-order valence-electron chi connectivity index (χ0n) is 37.1. The number of carboxylic acids is 2. The van der Waals surface area contributed by atoms with E-state index >= 15 is 8.78 Å². The molecule has 6 N–H and O–H groups in total. The molecular formula is C42H46F2N10O13S2. The lowest BCUT2D eigenvalue weighted by atomic mass is 9.96. The maximum atomic E-state index is 15.6. The number of sulfonamides is 1. The van der Waals surface area contributed by atoms with Gasteiger partial charge in [0.1, 0.15) is 27.1 Å². The van der Waals surface area contributed by atoms with E-state index in [1.54, 1.807) is 35.2 Å². The van der Waals surface area contributed by atoms with E-state index in [9.17, 15) is 56.3 Å². The van der Waals surface area contributed by atoms with Gasteiger partial charge in [-0.2, -0.15) is 0 Å². The summed E-state index contributed by atoms with van der Waals surface area (Å²) in [5.41, 5.74) is 3.47. The number of aliphatic carboxylic acids is 1. The molecule has 5 heterocycles. The van der Waals surface area contributed by atoms with E-state index in [2.05, 4.69) is 20.4 Å². The molecule has 2 aromatic heterocycles. The summed E-state index contributed by atoms with van der Waals surface area (Å²) in [7, 11) is -7.32. The average Bonchev–Trinajstić information content (AvgIpc) is 3.95. The molecule has 27 heteroatoms. The number of aromatic nitrogens is 4. The molecule has 1 aliphatic carbocycles. The van der Waals surface area contributed by atoms with Crippen molar-refractivity contribution in [3.05, 3.63) is 105 Å². The number of amides is 1. The summed E-state index contributed by atoms with van der Waals surface area (Å²) in [6, 6.07) is 10.7. The monoisotopic (exact) mass is 1000 g/mol. The summed E-state index contributed by atoms with van der Waals surface area (Å²) in [4.78, 5) is 59.9. The molecule has 5 atom stereocenters. The van der Waals surface area contributed by atoms with Gasteiger partial charge in [0, 0.05) is 49.7 Å². The number of carboxylic acid groups (broad SMARTS) is 2. The van der Waals surface area contributed by atoms with Crippen molar-refractivity contribution < 1.29 is 59.9 Å². The predicted octanol–water partition coefficient (Wildman–Crippen LogP) is 3.32. The van der Waals surface area contributed by atoms with E-state index in [0.29, 0.717) is 18.8 Å². The normalized spacial score (nSPS) is 22.6. The maximum absolute atomic E-state index is 15.6. The van der Waals surface area contributed by atoms with E-state index < -0.39 is 92.5 Å². The minimum absolute atomic E-state index is 0.0134. The van der Waals surface area contributed by atoms with Crippen molar-refractivity contribution in [2.24, 2.45) is 0 Å². The number of nitro benzene ring substituents is 1. The molecule has 3 aromatic carbocycles. The van der Waals surface area contributed by atoms with Gasteiger partial charge in [-0.3, -0.25) is 29.1 Å². The number of aromatic carboxylic acids is 1. The second-order valence-electron chi connectivity index (χ2n) is 17.2. The largest absolute Gasteiger partial charge is 0.480 e. The summed E-state index contributed by atoms with van der Waals surface area (Å²) >= 11 is 0. The number of ether oxygens (including phenoxy) is 1. The van der Waals surface area contributed by atoms with Crippen LogP contribution in [-0.4, -0.2) is 122 Å². The second kappa shape index (κ2) is 18.7. The lowest BCUT2D eigenvalue weighted by molar-refractivity contribution is -0.384. The molecule has 1 saturated carbocycles. The summed E-state index contributed by atoms with van der Waals surface area (Å²) in [6.45, 7) is 5.78. The molecule has 0 bridgehead atoms. The van der Waals surface area contributed by atoms with Gasteiger partial charge in [-0.25, -0.2) is 35.2 Å². The molecule has 69 heavy (non-hydrogen) atoms. The highest BCUT2D eigenvalue weighted by Crippen LogP contribution is 2.47. The highest BCUT2D eigenvalue weighted by Gasteiger charge is 2.70. The molecule has 3 saturated heterocycles. The number of β-lactam (4-membered cyclic amide) rings is 1. The minimum Gasteiger partial charge on any atom is -0.480 e. The van der Waals surface area contributed by atoms with Gasteiger partial charge < -0.3 is 40.4 Å². The van der Waals surface area contributed by atoms with Crippen LogP contribution in [0.15, 0.2) is 71.9 Å². The number of pyridine rings is 1. The smallest absolute Gasteiger partial charge is 0.341 e. The highest BCUT2D eigenvalue weighted by molar-refractivity contribution is 7.94. The number of fused-ring (bicyclic) bond motifs is 2. The number of nitro groups is 1. The zero-order valence-corrected chi connectivity index (χ0v) is 38.8. The number of nitrogens with zero attached hydrogens (tertiary/aromatic N) is 7. The van der Waals surface area contributed by atoms with Crippen LogP contribution in [0.5, 0.6) is 11.5 Å². The Morgan fingerprint density at radius 1 is 1.07 bits per heavy atom. The Kier molecular flexibility index (Phi) is 13.4. The van der Waals surface area contributed by atoms with E-state index in [1.807, 2.05) is 13.8 Å². The molecule has 0 unspecified atom stereocenters. The van der Waals surface area contributed by atoms with Crippen LogP contribution in [0.1, 0.15) is 56.4 Å². The van der Waals surface area contributed by atoms with Crippen molar-refractivity contribution in [3.63, 3.8) is 0 Å². The van der Waals surface area contributed by atoms with Crippen LogP contribution in [0, 0.1) is 21.7 Å². The molecule has 368 valence electrons. The number of nitrogens with two attached hydrogens (primary N) is 1. The number of anilines is 3. The molecule has 9 rings (SSSR count). The molecule has 23 nitrogen and oxygen atoms in total. The quantitative estimate of drug-likeness (QED) is 0.0548. The molecule has 4 fully saturated rings. The number of rotatable bonds is 11. The number of carbonyl (C=O) groups excluding carboxylic acids is 1. The lowest BCUT2D eigenvalue weighted by Crippen LogP contribution is -2.58. The Morgan fingerprint density at radius 2 is 1.72 bits per heavy atom. The molecule has 3 aliphatic heterocycles. The van der Waals surface area contributed by atoms with Crippen LogP contribution >= 0.6 is 0 Å². The van der Waals surface area contributed by atoms with Crippen molar-refractivity contribution in [2.75, 3.05) is 34.7 Å². The third-order valence-corrected chi connectivity index (χ3v) is 15.2. The number of sulfone groups is 1. The van der Waals surface area contributed by atoms with Crippen molar-refractivity contribution in [1.82, 2.24) is 29.8 Å². The number of hydrogen-bond acceptors (Lipinski definition) is 16. The Bertz CT molecular complexity index is 3150. The first-order chi connectivity index (χ1) is 32.3. The molecule has 5 aromatic rings. The van der Waals surface area contributed by atoms with Crippen molar-refractivity contribution >= 4 is 71.4 Å². The first-order valence-electron chi connectivity index (χ1n) is 21.0. The summed E-state index contributed by atoms with van der Waals surface area (Å²) in [5, 5.41) is 38.6. The Morgan fingerprint density at radius 3 is 2.26 bits per heavy atom. The molecule has 4 aliphatic rings. The number of hydrogen-bond donors (Lipinski definition) is 5. The molecule has 0 radical (unpaired) electrons. The number of non-ortho nitro benzene ring substituents is 1. The number of benzene rings is 3. The number of para-hydroxylation sites is 1. The molecular weight excluding hydrogens is 955 g/mol. The van der Waals surface area contributed by atoms with Crippen molar-refractivity contribution in [2.45, 2.75) is 80.9 Å². The first-order valence-corrected chi connectivity index (χ1v) is 24.5. The number of halogens is 2. The van der Waals surface area contributed by atoms with E-state index in [4.69, 9.17) is 10.5 Å². The Hall–Kier alpha value is -7.26. The van der Waals surface area contributed by atoms with Crippen LogP contribution in [0.4, 0.5) is 31.5 Å². The standard InChI is InChI=1S/C19H22F2N4O3.C13H12N2O5S.C10H12N4O5S/c1-8-5-24(6-9(2)23-8)17-13(20)15(22)12-16(14(17)21)25(10-3-4-10)7-11(18(12)26)19(27)28;1-21(18,19)14-12-8-7-10(15(16)17)9-13(12)20-11-5-3-2-4-6-11;1-10(5-13-3-2-11-12-13)8(9(16)17)14-6(15)4-7(14)20(10,18)19/h7-10,23H,3-6,22H2,1-2H3,(H,27,28);2-9,14H,1H3;2-3,7-8H,4-5H2,1H3,(H,16,17)/t8-,9+;;7-,8+,10+/m..1/s1. The second-order valence-corrected chi connectivity index (χ2v) is 21.5. The zero-order chi connectivity index (χ0) is 50.5. The van der Waals surface area contributed by atoms with Crippen LogP contribution < -0.4 is 30.8 Å². The van der Waals surface area contributed by atoms with Crippen LogP contribution in [-0.2, 0) is 36.0 Å². The fourth-order valence-electron chi connectivity index (χ4n) is 8.67. The maximum Gasteiger partial charge on any atom is 0.341 e. The third kappa shape index (κ3) is 9.73. The summed E-state index contributed by atoms with van der Waals surface area (Å²) in [6.07, 6.45) is 6.27. The minimum atomic E-state index is -3.80. The number of piperazine rings is 1. The lowest BCUT2D eigenvalue weighted by Gasteiger charge is -2.38. The van der Waals surface area contributed by atoms with Gasteiger partial charge in [0.05, 0.1) is 58.7 Å². The number of nitrogens with one attached hydrogen (secondary N) is 2. The Labute approximate surface area is 391 Å². The van der Waals surface area contributed by atoms with Crippen LogP contribution in [0.2, 0.25) is 0 Å². The van der Waals surface area contributed by atoms with E-state index in [-0.39, 0.29) is 59.4 Å². The number of nitrogen functional groups attached to an aromatic ring is 1. The first kappa shape index (κ1) is 49.6. The van der Waals surface area contributed by atoms with Gasteiger partial charge in [-0.1, -0.05) is 23.4 Å². The topological polar surface area (TPSA) is 322 Å². The van der Waals surface area contributed by atoms with E-state index in [1.165, 1.54) is 46.8 Å². The summed E-state index contributed by atoms with van der Waals surface area (Å²) in [5.74, 6) is -4.62. The van der Waals surface area contributed by atoms with Crippen LogP contribution in [0.25, 0.3) is 10.9 Å². The molecule has 0 spiro atoms. The van der Waals surface area contributed by atoms with Crippen LogP contribution in [0.3, 0.4) is 0 Å². The SMILES string of the molecule is CS(=O)(=O)Nc1ccc([N+](=O)[O-])cc1Oc1ccccc1.C[C@@H]1CN(c2c(F)c(N)c3c(=O)c(C(=O)O)cn(C4CC4)c3c2F)C[C@H](C)N1.C[C@]1(Cn2ccnn2)[C@H](C(=O)O)N2C(=O)C[C@H]2S1(=O)=O. The van der Waals surface area contributed by atoms with Gasteiger partial charge in [-0.05, 0) is 51.8 Å². The van der Waals surface area contributed by atoms with Crippen molar-refractivity contribution in [3.8, 4) is 11.5 Å².